The van der Waals surface area contributed by atoms with Gasteiger partial charge in [-0.15, -0.1) is 0 Å². The first-order valence-electron chi connectivity index (χ1n) is 6.65. The maximum absolute atomic E-state index is 12.1. The summed E-state index contributed by atoms with van der Waals surface area (Å²) in [7, 11) is 0. The number of para-hydroxylation sites is 1. The second-order valence-electron chi connectivity index (χ2n) is 5.02. The highest BCUT2D eigenvalue weighted by Gasteiger charge is 2.30. The predicted molar refractivity (Wildman–Crippen MR) is 77.1 cm³/mol. The number of nitrogens with zero attached hydrogens (tertiary/aromatic N) is 3. The van der Waals surface area contributed by atoms with Gasteiger partial charge in [0.1, 0.15) is 0 Å². The second kappa shape index (κ2) is 5.28. The lowest BCUT2D eigenvalue weighted by Gasteiger charge is -2.16. The van der Waals surface area contributed by atoms with Crippen LogP contribution in [-0.2, 0) is 11.2 Å². The van der Waals surface area contributed by atoms with E-state index in [-0.39, 0.29) is 17.8 Å². The van der Waals surface area contributed by atoms with Gasteiger partial charge in [-0.25, -0.2) is 9.97 Å². The van der Waals surface area contributed by atoms with Crippen molar-refractivity contribution in [2.45, 2.75) is 12.8 Å². The highest BCUT2D eigenvalue weighted by atomic mass is 16.2. The van der Waals surface area contributed by atoms with E-state index < -0.39 is 0 Å². The van der Waals surface area contributed by atoms with Crippen LogP contribution in [0.2, 0.25) is 0 Å². The fraction of sp³-hybridized carbons (Fsp3) is 0.267. The molecule has 2 aromatic rings. The Hall–Kier alpha value is -2.43. The van der Waals surface area contributed by atoms with Crippen molar-refractivity contribution in [3.05, 3.63) is 48.3 Å². The monoisotopic (exact) mass is 268 g/mol. The van der Waals surface area contributed by atoms with E-state index in [1.54, 1.807) is 6.20 Å². The molecule has 0 saturated carbocycles. The number of hydrogen-bond acceptors (Lipinski definition) is 4. The van der Waals surface area contributed by atoms with E-state index >= 15 is 0 Å². The van der Waals surface area contributed by atoms with Crippen molar-refractivity contribution in [2.75, 3.05) is 17.2 Å². The largest absolute Gasteiger partial charge is 0.368 e. The number of nitrogen functional groups attached to an aromatic ring is 1. The molecule has 3 rings (SSSR count). The van der Waals surface area contributed by atoms with E-state index in [0.29, 0.717) is 6.42 Å². The highest BCUT2D eigenvalue weighted by molar-refractivity contribution is 5.95. The Morgan fingerprint density at radius 1 is 1.25 bits per heavy atom. The zero-order chi connectivity index (χ0) is 13.9. The molecule has 1 aliphatic rings. The molecule has 2 N–H and O–H groups in total. The van der Waals surface area contributed by atoms with Gasteiger partial charge >= 0.3 is 0 Å². The van der Waals surface area contributed by atoms with E-state index in [4.69, 9.17) is 5.73 Å². The number of amides is 1. The van der Waals surface area contributed by atoms with E-state index in [9.17, 15) is 4.79 Å². The summed E-state index contributed by atoms with van der Waals surface area (Å²) in [6.45, 7) is 0.729. The molecule has 1 amide bonds. The van der Waals surface area contributed by atoms with Crippen LogP contribution >= 0.6 is 0 Å². The number of carbonyl (C=O) groups excluding carboxylic acids is 1. The smallest absolute Gasteiger partial charge is 0.227 e. The van der Waals surface area contributed by atoms with Gasteiger partial charge in [0.25, 0.3) is 0 Å². The van der Waals surface area contributed by atoms with E-state index in [0.717, 1.165) is 24.3 Å². The third-order valence-corrected chi connectivity index (χ3v) is 3.50. The standard InChI is InChI=1S/C15H16N4O/c16-15-17-7-6-12(18-15)8-11-9-14(20)19(10-11)13-4-2-1-3-5-13/h1-7,11H,8-10H2,(H2,16,17,18). The SMILES string of the molecule is Nc1nccc(CC2CC(=O)N(c3ccccc3)C2)n1. The van der Waals surface area contributed by atoms with Crippen LogP contribution in [0.4, 0.5) is 11.6 Å². The van der Waals surface area contributed by atoms with Crippen molar-refractivity contribution in [1.29, 1.82) is 0 Å². The number of hydrogen-bond donors (Lipinski definition) is 1. The van der Waals surface area contributed by atoms with Crippen molar-refractivity contribution in [3.8, 4) is 0 Å². The van der Waals surface area contributed by atoms with Gasteiger partial charge in [-0.1, -0.05) is 18.2 Å². The van der Waals surface area contributed by atoms with E-state index in [1.807, 2.05) is 41.3 Å². The zero-order valence-electron chi connectivity index (χ0n) is 11.1. The van der Waals surface area contributed by atoms with Gasteiger partial charge in [0.2, 0.25) is 11.9 Å². The normalized spacial score (nSPS) is 18.5. The summed E-state index contributed by atoms with van der Waals surface area (Å²) in [4.78, 5) is 22.0. The molecule has 0 radical (unpaired) electrons. The Bertz CT molecular complexity index is 614. The Balaban J connectivity index is 1.71. The van der Waals surface area contributed by atoms with Crippen LogP contribution in [0.3, 0.4) is 0 Å². The molecule has 0 bridgehead atoms. The van der Waals surface area contributed by atoms with E-state index in [2.05, 4.69) is 9.97 Å². The number of benzene rings is 1. The molecular weight excluding hydrogens is 252 g/mol. The summed E-state index contributed by atoms with van der Waals surface area (Å²) in [5.74, 6) is 0.729. The minimum Gasteiger partial charge on any atom is -0.368 e. The van der Waals surface area contributed by atoms with Gasteiger partial charge in [0.05, 0.1) is 0 Å². The average molecular weight is 268 g/mol. The summed E-state index contributed by atoms with van der Waals surface area (Å²) >= 11 is 0. The fourth-order valence-electron chi connectivity index (χ4n) is 2.60. The van der Waals surface area contributed by atoms with Gasteiger partial charge in [0.15, 0.2) is 0 Å². The minimum absolute atomic E-state index is 0.170. The Morgan fingerprint density at radius 2 is 2.05 bits per heavy atom. The molecule has 1 fully saturated rings. The lowest BCUT2D eigenvalue weighted by atomic mass is 10.0. The first-order valence-corrected chi connectivity index (χ1v) is 6.65. The number of anilines is 2. The van der Waals surface area contributed by atoms with Crippen molar-refractivity contribution in [2.24, 2.45) is 5.92 Å². The summed E-state index contributed by atoms with van der Waals surface area (Å²) in [5, 5.41) is 0. The van der Waals surface area contributed by atoms with Crippen LogP contribution in [-0.4, -0.2) is 22.4 Å². The molecule has 20 heavy (non-hydrogen) atoms. The fourth-order valence-corrected chi connectivity index (χ4v) is 2.60. The minimum atomic E-state index is 0.170. The Labute approximate surface area is 117 Å². The lowest BCUT2D eigenvalue weighted by Crippen LogP contribution is -2.24. The van der Waals surface area contributed by atoms with Gasteiger partial charge in [-0.2, -0.15) is 0 Å². The molecule has 1 aromatic carbocycles. The zero-order valence-corrected chi connectivity index (χ0v) is 11.1. The van der Waals surface area contributed by atoms with Crippen molar-refractivity contribution < 1.29 is 4.79 Å². The van der Waals surface area contributed by atoms with Gasteiger partial charge in [-0.05, 0) is 30.5 Å². The molecule has 102 valence electrons. The first kappa shape index (κ1) is 12.6. The molecule has 1 aliphatic heterocycles. The van der Waals surface area contributed by atoms with Crippen LogP contribution in [0, 0.1) is 5.92 Å². The molecule has 1 aromatic heterocycles. The van der Waals surface area contributed by atoms with Crippen LogP contribution in [0.1, 0.15) is 12.1 Å². The van der Waals surface area contributed by atoms with Crippen molar-refractivity contribution in [3.63, 3.8) is 0 Å². The van der Waals surface area contributed by atoms with Crippen LogP contribution in [0.25, 0.3) is 0 Å². The molecule has 1 saturated heterocycles. The van der Waals surface area contributed by atoms with Gasteiger partial charge in [-0.3, -0.25) is 4.79 Å². The third kappa shape index (κ3) is 2.61. The summed E-state index contributed by atoms with van der Waals surface area (Å²) in [5.41, 5.74) is 7.43. The van der Waals surface area contributed by atoms with E-state index in [1.165, 1.54) is 0 Å². The highest BCUT2D eigenvalue weighted by Crippen LogP contribution is 2.26. The van der Waals surface area contributed by atoms with Crippen molar-refractivity contribution >= 4 is 17.5 Å². The summed E-state index contributed by atoms with van der Waals surface area (Å²) in [6.07, 6.45) is 2.96. The number of nitrogens with two attached hydrogens (primary N) is 1. The molecule has 5 nitrogen and oxygen atoms in total. The van der Waals surface area contributed by atoms with Crippen LogP contribution in [0.15, 0.2) is 42.6 Å². The molecule has 0 aliphatic carbocycles. The first-order chi connectivity index (χ1) is 9.72. The lowest BCUT2D eigenvalue weighted by molar-refractivity contribution is -0.117. The number of carbonyl (C=O) groups is 1. The third-order valence-electron chi connectivity index (χ3n) is 3.50. The number of aromatic nitrogens is 2. The molecule has 1 atom stereocenters. The Kier molecular flexibility index (Phi) is 3.33. The van der Waals surface area contributed by atoms with Crippen LogP contribution < -0.4 is 10.6 Å². The average Bonchev–Trinajstić information content (AvgIpc) is 2.80. The summed E-state index contributed by atoms with van der Waals surface area (Å²) in [6, 6.07) is 11.6. The molecule has 1 unspecified atom stereocenters. The maximum Gasteiger partial charge on any atom is 0.227 e. The molecule has 0 spiro atoms. The molecular formula is C15H16N4O. The quantitative estimate of drug-likeness (QED) is 0.918. The second-order valence-corrected chi connectivity index (χ2v) is 5.02. The summed E-state index contributed by atoms with van der Waals surface area (Å²) < 4.78 is 0. The predicted octanol–water partition coefficient (Wildman–Crippen LogP) is 1.65. The van der Waals surface area contributed by atoms with Crippen molar-refractivity contribution in [1.82, 2.24) is 9.97 Å². The Morgan fingerprint density at radius 3 is 2.80 bits per heavy atom. The maximum atomic E-state index is 12.1. The van der Waals surface area contributed by atoms with Gasteiger partial charge < -0.3 is 10.6 Å². The topological polar surface area (TPSA) is 72.1 Å². The molecule has 2 heterocycles. The molecule has 5 heteroatoms. The number of rotatable bonds is 3. The van der Waals surface area contributed by atoms with Gasteiger partial charge in [0, 0.05) is 30.5 Å². The van der Waals surface area contributed by atoms with Crippen LogP contribution in [0.5, 0.6) is 0 Å².